The lowest BCUT2D eigenvalue weighted by Crippen LogP contribution is -2.27. The Morgan fingerprint density at radius 2 is 1.88 bits per heavy atom. The molecule has 32 heavy (non-hydrogen) atoms. The first kappa shape index (κ1) is 21.8. The van der Waals surface area contributed by atoms with Crippen molar-refractivity contribution < 1.29 is 24.1 Å². The first-order valence-corrected chi connectivity index (χ1v) is 11.0. The number of ether oxygens (including phenoxy) is 3. The molecule has 1 N–H and O–H groups in total. The van der Waals surface area contributed by atoms with E-state index < -0.39 is 23.5 Å². The van der Waals surface area contributed by atoms with Gasteiger partial charge >= 0.3 is 5.97 Å². The van der Waals surface area contributed by atoms with Gasteiger partial charge in [0.1, 0.15) is 11.1 Å². The predicted molar refractivity (Wildman–Crippen MR) is 119 cm³/mol. The smallest absolute Gasteiger partial charge is 0.343 e. The third-order valence-corrected chi connectivity index (χ3v) is 6.21. The van der Waals surface area contributed by atoms with Crippen molar-refractivity contribution in [3.8, 4) is 23.1 Å². The van der Waals surface area contributed by atoms with Crippen LogP contribution in [-0.2, 0) is 4.74 Å². The maximum atomic E-state index is 13.7. The van der Waals surface area contributed by atoms with Crippen LogP contribution < -0.4 is 15.0 Å². The summed E-state index contributed by atoms with van der Waals surface area (Å²) in [5.74, 6) is 0.148. The van der Waals surface area contributed by atoms with Crippen LogP contribution in [0.2, 0.25) is 0 Å². The Labute approximate surface area is 188 Å². The molecule has 8 nitrogen and oxygen atoms in total. The number of para-hydroxylation sites is 1. The molecule has 1 atom stereocenters. The zero-order valence-electron chi connectivity index (χ0n) is 17.8. The summed E-state index contributed by atoms with van der Waals surface area (Å²) in [6.07, 6.45) is -0.259. The van der Waals surface area contributed by atoms with Gasteiger partial charge in [-0.2, -0.15) is 4.98 Å². The Hall–Kier alpha value is -3.46. The largest absolute Gasteiger partial charge is 0.493 e. The van der Waals surface area contributed by atoms with Gasteiger partial charge < -0.3 is 19.3 Å². The molecule has 0 fully saturated rings. The SMILES string of the molecule is CCCSc1nc(O)c([C@H]2OC(=O)c3c2ccc(OC)c3OC)c(=O)n1-c1ccccc1. The Balaban J connectivity index is 1.94. The van der Waals surface area contributed by atoms with E-state index in [9.17, 15) is 14.7 Å². The van der Waals surface area contributed by atoms with Crippen molar-refractivity contribution in [1.82, 2.24) is 9.55 Å². The predicted octanol–water partition coefficient (Wildman–Crippen LogP) is 3.72. The number of esters is 1. The summed E-state index contributed by atoms with van der Waals surface area (Å²) < 4.78 is 17.6. The summed E-state index contributed by atoms with van der Waals surface area (Å²) in [6.45, 7) is 2.02. The molecule has 166 valence electrons. The van der Waals surface area contributed by atoms with Gasteiger partial charge in [0, 0.05) is 11.3 Å². The second-order valence-corrected chi connectivity index (χ2v) is 8.07. The van der Waals surface area contributed by atoms with Gasteiger partial charge in [0.15, 0.2) is 22.8 Å². The molecule has 0 aliphatic carbocycles. The number of aromatic hydroxyl groups is 1. The van der Waals surface area contributed by atoms with E-state index in [0.717, 1.165) is 12.2 Å². The molecular formula is C23H22N2O6S. The number of rotatable bonds is 7. The molecule has 1 aliphatic rings. The van der Waals surface area contributed by atoms with Crippen molar-refractivity contribution in [2.24, 2.45) is 0 Å². The van der Waals surface area contributed by atoms with Gasteiger partial charge in [-0.3, -0.25) is 9.36 Å². The monoisotopic (exact) mass is 454 g/mol. The minimum absolute atomic E-state index is 0.117. The Morgan fingerprint density at radius 3 is 2.53 bits per heavy atom. The normalized spacial score (nSPS) is 14.7. The molecule has 0 radical (unpaired) electrons. The molecule has 0 saturated carbocycles. The van der Waals surface area contributed by atoms with E-state index >= 15 is 0 Å². The number of thioether (sulfide) groups is 1. The number of carbonyl (C=O) groups is 1. The Morgan fingerprint density at radius 1 is 1.12 bits per heavy atom. The summed E-state index contributed by atoms with van der Waals surface area (Å²) in [4.78, 5) is 30.7. The van der Waals surface area contributed by atoms with Gasteiger partial charge in [0.25, 0.3) is 5.56 Å². The van der Waals surface area contributed by atoms with Gasteiger partial charge in [-0.15, -0.1) is 0 Å². The Kier molecular flexibility index (Phi) is 6.09. The van der Waals surface area contributed by atoms with Crippen LogP contribution in [0.15, 0.2) is 52.4 Å². The number of fused-ring (bicyclic) bond motifs is 1. The van der Waals surface area contributed by atoms with Crippen LogP contribution in [-0.4, -0.2) is 40.6 Å². The second kappa shape index (κ2) is 8.96. The van der Waals surface area contributed by atoms with Crippen LogP contribution in [0.4, 0.5) is 0 Å². The van der Waals surface area contributed by atoms with Crippen LogP contribution in [0.1, 0.15) is 40.9 Å². The number of carbonyl (C=O) groups excluding carboxylic acids is 1. The standard InChI is InChI=1S/C23H22N2O6S/c1-4-12-32-23-24-20(26)17(21(27)25(23)13-8-6-5-7-9-13)18-14-10-11-15(29-2)19(30-3)16(14)22(28)31-18/h5-11,18,26H,4,12H2,1-3H3/t18-/m0/s1. The fraction of sp³-hybridized carbons (Fsp3) is 0.261. The molecule has 1 aliphatic heterocycles. The zero-order chi connectivity index (χ0) is 22.8. The summed E-state index contributed by atoms with van der Waals surface area (Å²) in [6, 6.07) is 12.3. The van der Waals surface area contributed by atoms with E-state index in [0.29, 0.717) is 22.2 Å². The lowest BCUT2D eigenvalue weighted by atomic mass is 9.99. The minimum Gasteiger partial charge on any atom is -0.493 e. The highest BCUT2D eigenvalue weighted by atomic mass is 32.2. The van der Waals surface area contributed by atoms with E-state index in [1.165, 1.54) is 30.5 Å². The summed E-state index contributed by atoms with van der Waals surface area (Å²) in [5.41, 5.74) is 0.528. The summed E-state index contributed by atoms with van der Waals surface area (Å²) >= 11 is 1.37. The van der Waals surface area contributed by atoms with E-state index in [-0.39, 0.29) is 16.9 Å². The molecule has 9 heteroatoms. The average Bonchev–Trinajstić information content (AvgIpc) is 3.13. The highest BCUT2D eigenvalue weighted by Crippen LogP contribution is 2.45. The third kappa shape index (κ3) is 3.58. The molecule has 4 rings (SSSR count). The van der Waals surface area contributed by atoms with E-state index in [2.05, 4.69) is 4.98 Å². The topological polar surface area (TPSA) is 99.9 Å². The van der Waals surface area contributed by atoms with Gasteiger partial charge in [-0.05, 0) is 24.6 Å². The van der Waals surface area contributed by atoms with Crippen LogP contribution in [0, 0.1) is 0 Å². The van der Waals surface area contributed by atoms with Gasteiger partial charge in [-0.25, -0.2) is 4.79 Å². The van der Waals surface area contributed by atoms with Crippen molar-refractivity contribution in [3.63, 3.8) is 0 Å². The van der Waals surface area contributed by atoms with Gasteiger partial charge in [0.2, 0.25) is 5.88 Å². The molecule has 0 amide bonds. The highest BCUT2D eigenvalue weighted by molar-refractivity contribution is 7.99. The molecule has 2 heterocycles. The molecule has 0 unspecified atom stereocenters. The van der Waals surface area contributed by atoms with E-state index in [1.807, 2.05) is 25.1 Å². The molecular weight excluding hydrogens is 432 g/mol. The second-order valence-electron chi connectivity index (χ2n) is 7.01. The number of nitrogens with zero attached hydrogens (tertiary/aromatic N) is 2. The fourth-order valence-corrected chi connectivity index (χ4v) is 4.50. The van der Waals surface area contributed by atoms with Crippen LogP contribution >= 0.6 is 11.8 Å². The fourth-order valence-electron chi connectivity index (χ4n) is 3.64. The van der Waals surface area contributed by atoms with Crippen molar-refractivity contribution >= 4 is 17.7 Å². The summed E-state index contributed by atoms with van der Waals surface area (Å²) in [5, 5.41) is 11.1. The van der Waals surface area contributed by atoms with Crippen LogP contribution in [0.5, 0.6) is 17.4 Å². The van der Waals surface area contributed by atoms with Gasteiger partial charge in [-0.1, -0.05) is 43.0 Å². The zero-order valence-corrected chi connectivity index (χ0v) is 18.6. The maximum Gasteiger partial charge on any atom is 0.343 e. The molecule has 0 spiro atoms. The number of aromatic nitrogens is 2. The first-order valence-electron chi connectivity index (χ1n) is 10.0. The van der Waals surface area contributed by atoms with Crippen molar-refractivity contribution in [2.45, 2.75) is 24.6 Å². The number of cyclic esters (lactones) is 1. The molecule has 0 saturated heterocycles. The molecule has 2 aromatic carbocycles. The average molecular weight is 455 g/mol. The lowest BCUT2D eigenvalue weighted by molar-refractivity contribution is 0.0447. The number of benzene rings is 2. The third-order valence-electron chi connectivity index (χ3n) is 5.07. The number of hydrogen-bond acceptors (Lipinski definition) is 8. The Bertz CT molecular complexity index is 1230. The number of hydrogen-bond donors (Lipinski definition) is 1. The minimum atomic E-state index is -1.13. The number of methoxy groups -OCH3 is 2. The van der Waals surface area contributed by atoms with E-state index in [4.69, 9.17) is 14.2 Å². The first-order chi connectivity index (χ1) is 15.5. The maximum absolute atomic E-state index is 13.7. The lowest BCUT2D eigenvalue weighted by Gasteiger charge is -2.17. The summed E-state index contributed by atoms with van der Waals surface area (Å²) in [7, 11) is 2.88. The van der Waals surface area contributed by atoms with E-state index in [1.54, 1.807) is 24.3 Å². The van der Waals surface area contributed by atoms with Crippen molar-refractivity contribution in [2.75, 3.05) is 20.0 Å². The molecule has 3 aromatic rings. The van der Waals surface area contributed by atoms with Crippen LogP contribution in [0.3, 0.4) is 0 Å². The van der Waals surface area contributed by atoms with Crippen LogP contribution in [0.25, 0.3) is 5.69 Å². The molecule has 1 aromatic heterocycles. The quantitative estimate of drug-likeness (QED) is 0.328. The van der Waals surface area contributed by atoms with Crippen molar-refractivity contribution in [3.05, 3.63) is 69.5 Å². The van der Waals surface area contributed by atoms with Crippen molar-refractivity contribution in [1.29, 1.82) is 0 Å². The van der Waals surface area contributed by atoms with Gasteiger partial charge in [0.05, 0.1) is 19.9 Å². The highest BCUT2D eigenvalue weighted by Gasteiger charge is 2.40. The molecule has 0 bridgehead atoms.